The lowest BCUT2D eigenvalue weighted by Crippen LogP contribution is -2.44. The molecule has 1 aliphatic rings. The first-order valence-corrected chi connectivity index (χ1v) is 6.19. The van der Waals surface area contributed by atoms with Crippen molar-refractivity contribution in [2.45, 2.75) is 25.3 Å². The zero-order chi connectivity index (χ0) is 10.7. The molecular weight excluding hydrogens is 254 g/mol. The molecule has 2 rings (SSSR count). The summed E-state index contributed by atoms with van der Waals surface area (Å²) in [7, 11) is 0. The Morgan fingerprint density at radius 3 is 3.00 bits per heavy atom. The maximum absolute atomic E-state index is 5.78. The van der Waals surface area contributed by atoms with Crippen molar-refractivity contribution in [2.75, 3.05) is 18.0 Å². The van der Waals surface area contributed by atoms with Crippen molar-refractivity contribution in [2.24, 2.45) is 5.73 Å². The first-order chi connectivity index (χ1) is 7.31. The van der Waals surface area contributed by atoms with Gasteiger partial charge in [0.2, 0.25) is 0 Å². The fourth-order valence-electron chi connectivity index (χ4n) is 2.09. The summed E-state index contributed by atoms with van der Waals surface area (Å²) in [5, 5.41) is 0. The van der Waals surface area contributed by atoms with Gasteiger partial charge in [0.05, 0.1) is 0 Å². The second kappa shape index (κ2) is 4.94. The molecule has 0 radical (unpaired) electrons. The molecule has 1 saturated heterocycles. The van der Waals surface area contributed by atoms with E-state index in [-0.39, 0.29) is 0 Å². The molecule has 2 N–H and O–H groups in total. The standard InChI is InChI=1S/C11H16BrN3/c12-9-4-5-11(14-8-9)15-6-2-1-3-10(15)7-13/h4-5,8,10H,1-3,6-7,13H2/t10-/m0/s1. The van der Waals surface area contributed by atoms with Crippen LogP contribution in [0.3, 0.4) is 0 Å². The van der Waals surface area contributed by atoms with Crippen molar-refractivity contribution in [3.63, 3.8) is 0 Å². The van der Waals surface area contributed by atoms with Crippen molar-refractivity contribution in [3.8, 4) is 0 Å². The number of pyridine rings is 1. The minimum Gasteiger partial charge on any atom is -0.352 e. The van der Waals surface area contributed by atoms with E-state index in [9.17, 15) is 0 Å². The highest BCUT2D eigenvalue weighted by atomic mass is 79.9. The first-order valence-electron chi connectivity index (χ1n) is 5.39. The predicted molar refractivity (Wildman–Crippen MR) is 66.0 cm³/mol. The molecule has 3 nitrogen and oxygen atoms in total. The number of nitrogens with two attached hydrogens (primary N) is 1. The van der Waals surface area contributed by atoms with E-state index >= 15 is 0 Å². The van der Waals surface area contributed by atoms with Crippen LogP contribution in [0.5, 0.6) is 0 Å². The summed E-state index contributed by atoms with van der Waals surface area (Å²) in [6.45, 7) is 1.80. The van der Waals surface area contributed by atoms with Crippen LogP contribution >= 0.6 is 15.9 Å². The van der Waals surface area contributed by atoms with E-state index in [4.69, 9.17) is 5.73 Å². The lowest BCUT2D eigenvalue weighted by atomic mass is 10.0. The van der Waals surface area contributed by atoms with Gasteiger partial charge in [-0.25, -0.2) is 4.98 Å². The van der Waals surface area contributed by atoms with Gasteiger partial charge in [0.25, 0.3) is 0 Å². The third-order valence-electron chi connectivity index (χ3n) is 2.91. The van der Waals surface area contributed by atoms with Crippen LogP contribution in [0.25, 0.3) is 0 Å². The Balaban J connectivity index is 2.16. The van der Waals surface area contributed by atoms with E-state index < -0.39 is 0 Å². The number of halogens is 1. The quantitative estimate of drug-likeness (QED) is 0.895. The molecule has 0 bridgehead atoms. The maximum atomic E-state index is 5.78. The molecule has 1 aromatic rings. The molecule has 0 saturated carbocycles. The monoisotopic (exact) mass is 269 g/mol. The lowest BCUT2D eigenvalue weighted by molar-refractivity contribution is 0.462. The van der Waals surface area contributed by atoms with Crippen molar-refractivity contribution < 1.29 is 0 Å². The highest BCUT2D eigenvalue weighted by Crippen LogP contribution is 2.23. The Kier molecular flexibility index (Phi) is 3.59. The molecule has 0 aliphatic carbocycles. The molecule has 0 spiro atoms. The first kappa shape index (κ1) is 10.9. The van der Waals surface area contributed by atoms with Crippen LogP contribution in [-0.4, -0.2) is 24.1 Å². The number of anilines is 1. The molecular formula is C11H16BrN3. The van der Waals surface area contributed by atoms with E-state index in [0.29, 0.717) is 6.04 Å². The van der Waals surface area contributed by atoms with Gasteiger partial charge in [0.15, 0.2) is 0 Å². The molecule has 1 aromatic heterocycles. The molecule has 1 aliphatic heterocycles. The fraction of sp³-hybridized carbons (Fsp3) is 0.545. The van der Waals surface area contributed by atoms with Gasteiger partial charge < -0.3 is 10.6 Å². The van der Waals surface area contributed by atoms with Crippen molar-refractivity contribution in [1.82, 2.24) is 4.98 Å². The van der Waals surface area contributed by atoms with Gasteiger partial charge >= 0.3 is 0 Å². The SMILES string of the molecule is NC[C@@H]1CCCCN1c1ccc(Br)cn1. The van der Waals surface area contributed by atoms with E-state index in [0.717, 1.165) is 23.4 Å². The van der Waals surface area contributed by atoms with Gasteiger partial charge in [-0.15, -0.1) is 0 Å². The Morgan fingerprint density at radius 1 is 1.47 bits per heavy atom. The third kappa shape index (κ3) is 2.49. The molecule has 0 amide bonds. The zero-order valence-corrected chi connectivity index (χ0v) is 10.3. The summed E-state index contributed by atoms with van der Waals surface area (Å²) in [5.74, 6) is 1.05. The lowest BCUT2D eigenvalue weighted by Gasteiger charge is -2.35. The molecule has 0 aromatic carbocycles. The van der Waals surface area contributed by atoms with Crippen LogP contribution < -0.4 is 10.6 Å². The van der Waals surface area contributed by atoms with Gasteiger partial charge in [-0.2, -0.15) is 0 Å². The molecule has 82 valence electrons. The molecule has 0 unspecified atom stereocenters. The van der Waals surface area contributed by atoms with Crippen LogP contribution in [0, 0.1) is 0 Å². The molecule has 1 fully saturated rings. The van der Waals surface area contributed by atoms with Gasteiger partial charge in [-0.05, 0) is 47.3 Å². The Morgan fingerprint density at radius 2 is 2.33 bits per heavy atom. The minimum atomic E-state index is 0.465. The zero-order valence-electron chi connectivity index (χ0n) is 8.69. The smallest absolute Gasteiger partial charge is 0.128 e. The summed E-state index contributed by atoms with van der Waals surface area (Å²) >= 11 is 3.40. The summed E-state index contributed by atoms with van der Waals surface area (Å²) in [6, 6.07) is 4.55. The van der Waals surface area contributed by atoms with Gasteiger partial charge in [-0.1, -0.05) is 0 Å². The second-order valence-electron chi connectivity index (χ2n) is 3.91. The average Bonchev–Trinajstić information content (AvgIpc) is 2.30. The van der Waals surface area contributed by atoms with E-state index in [1.807, 2.05) is 12.3 Å². The van der Waals surface area contributed by atoms with Crippen LogP contribution in [-0.2, 0) is 0 Å². The summed E-state index contributed by atoms with van der Waals surface area (Å²) < 4.78 is 1.02. The number of rotatable bonds is 2. The molecule has 1 atom stereocenters. The number of nitrogens with zero attached hydrogens (tertiary/aromatic N) is 2. The van der Waals surface area contributed by atoms with Gasteiger partial charge in [0.1, 0.15) is 5.82 Å². The molecule has 4 heteroatoms. The fourth-order valence-corrected chi connectivity index (χ4v) is 2.32. The normalized spacial score (nSPS) is 21.7. The van der Waals surface area contributed by atoms with Gasteiger partial charge in [-0.3, -0.25) is 0 Å². The Labute approximate surface area is 98.8 Å². The van der Waals surface area contributed by atoms with Crippen LogP contribution in [0.1, 0.15) is 19.3 Å². The summed E-state index contributed by atoms with van der Waals surface area (Å²) in [4.78, 5) is 6.75. The average molecular weight is 270 g/mol. The summed E-state index contributed by atoms with van der Waals surface area (Å²) in [6.07, 6.45) is 5.56. The number of hydrogen-bond acceptors (Lipinski definition) is 3. The van der Waals surface area contributed by atoms with Gasteiger partial charge in [0, 0.05) is 29.8 Å². The number of piperidine rings is 1. The largest absolute Gasteiger partial charge is 0.352 e. The topological polar surface area (TPSA) is 42.1 Å². The van der Waals surface area contributed by atoms with E-state index in [1.165, 1.54) is 19.3 Å². The second-order valence-corrected chi connectivity index (χ2v) is 4.83. The van der Waals surface area contributed by atoms with Crippen LogP contribution in [0.2, 0.25) is 0 Å². The highest BCUT2D eigenvalue weighted by Gasteiger charge is 2.21. The Hall–Kier alpha value is -0.610. The van der Waals surface area contributed by atoms with Crippen LogP contribution in [0.15, 0.2) is 22.8 Å². The highest BCUT2D eigenvalue weighted by molar-refractivity contribution is 9.10. The predicted octanol–water partition coefficient (Wildman–Crippen LogP) is 2.16. The van der Waals surface area contributed by atoms with Crippen molar-refractivity contribution in [3.05, 3.63) is 22.8 Å². The molecule has 2 heterocycles. The number of hydrogen-bond donors (Lipinski definition) is 1. The van der Waals surface area contributed by atoms with Crippen molar-refractivity contribution in [1.29, 1.82) is 0 Å². The Bertz CT molecular complexity index is 312. The third-order valence-corrected chi connectivity index (χ3v) is 3.37. The van der Waals surface area contributed by atoms with Crippen LogP contribution in [0.4, 0.5) is 5.82 Å². The minimum absolute atomic E-state index is 0.465. The van der Waals surface area contributed by atoms with E-state index in [1.54, 1.807) is 0 Å². The number of aromatic nitrogens is 1. The van der Waals surface area contributed by atoms with E-state index in [2.05, 4.69) is 31.9 Å². The van der Waals surface area contributed by atoms with Crippen molar-refractivity contribution >= 4 is 21.7 Å². The molecule has 15 heavy (non-hydrogen) atoms. The maximum Gasteiger partial charge on any atom is 0.128 e. The summed E-state index contributed by atoms with van der Waals surface area (Å²) in [5.41, 5.74) is 5.78.